The summed E-state index contributed by atoms with van der Waals surface area (Å²) in [7, 11) is 1.64. The van der Waals surface area contributed by atoms with Crippen molar-refractivity contribution < 1.29 is 14.7 Å². The molecule has 0 bridgehead atoms. The first kappa shape index (κ1) is 21.6. The van der Waals surface area contributed by atoms with Gasteiger partial charge >= 0.3 is 0 Å². The van der Waals surface area contributed by atoms with Crippen LogP contribution in [-0.4, -0.2) is 67.3 Å². The van der Waals surface area contributed by atoms with Crippen LogP contribution < -0.4 is 10.6 Å². The molecule has 34 heavy (non-hydrogen) atoms. The monoisotopic (exact) mass is 457 g/mol. The Hall–Kier alpha value is -4.23. The summed E-state index contributed by atoms with van der Waals surface area (Å²) in [6, 6.07) is 9.12. The molecule has 1 atom stereocenters. The lowest BCUT2D eigenvalue weighted by Gasteiger charge is -2.28. The summed E-state index contributed by atoms with van der Waals surface area (Å²) in [5.41, 5.74) is 7.21. The third-order valence-corrected chi connectivity index (χ3v) is 6.19. The smallest absolute Gasteiger partial charge is 0.269 e. The quantitative estimate of drug-likeness (QED) is 0.540. The minimum atomic E-state index is -1.67. The number of nitrogens with zero attached hydrogens (tertiary/aromatic N) is 6. The van der Waals surface area contributed by atoms with Crippen LogP contribution >= 0.6 is 0 Å². The van der Waals surface area contributed by atoms with Crippen molar-refractivity contribution in [3.63, 3.8) is 0 Å². The van der Waals surface area contributed by atoms with E-state index in [1.807, 2.05) is 24.3 Å². The number of benzene rings is 1. The standard InChI is InChI=1S/C24H23N7O3/c1-29-12-9-24(34,23(29)33)8-5-16-3-2-4-17(13-16)31-19-7-11-30(20-6-10-26-15-27-20)14-18(19)21(28-31)22(25)32/h2-4,6,10,13,15,34H,7,9,11-12,14H2,1H3,(H2,25,32). The van der Waals surface area contributed by atoms with E-state index in [-0.39, 0.29) is 12.1 Å². The van der Waals surface area contributed by atoms with E-state index in [2.05, 4.69) is 31.8 Å². The summed E-state index contributed by atoms with van der Waals surface area (Å²) in [5, 5.41) is 15.1. The summed E-state index contributed by atoms with van der Waals surface area (Å²) in [6.45, 7) is 1.61. The number of aliphatic hydroxyl groups is 1. The van der Waals surface area contributed by atoms with E-state index in [1.165, 1.54) is 11.2 Å². The van der Waals surface area contributed by atoms with E-state index in [4.69, 9.17) is 5.73 Å². The molecular formula is C24H23N7O3. The van der Waals surface area contributed by atoms with Crippen LogP contribution in [0, 0.1) is 11.8 Å². The molecule has 1 unspecified atom stereocenters. The molecule has 0 aliphatic carbocycles. The Kier molecular flexibility index (Phi) is 5.26. The lowest BCUT2D eigenvalue weighted by atomic mass is 10.0. The number of carbonyl (C=O) groups is 2. The van der Waals surface area contributed by atoms with Gasteiger partial charge < -0.3 is 20.6 Å². The fraction of sp³-hybridized carbons (Fsp3) is 0.292. The van der Waals surface area contributed by atoms with Crippen LogP contribution in [0.1, 0.15) is 33.7 Å². The number of hydrogen-bond donors (Lipinski definition) is 2. The number of anilines is 1. The highest BCUT2D eigenvalue weighted by Crippen LogP contribution is 2.28. The zero-order chi connectivity index (χ0) is 23.9. The predicted octanol–water partition coefficient (Wildman–Crippen LogP) is 0.269. The Bertz CT molecular complexity index is 1340. The normalized spacial score (nSPS) is 19.5. The third-order valence-electron chi connectivity index (χ3n) is 6.19. The van der Waals surface area contributed by atoms with Crippen molar-refractivity contribution in [1.82, 2.24) is 24.6 Å². The average molecular weight is 457 g/mol. The second-order valence-electron chi connectivity index (χ2n) is 8.43. The first-order valence-electron chi connectivity index (χ1n) is 10.9. The topological polar surface area (TPSA) is 130 Å². The van der Waals surface area contributed by atoms with Crippen molar-refractivity contribution in [2.45, 2.75) is 25.0 Å². The van der Waals surface area contributed by atoms with Gasteiger partial charge in [0.25, 0.3) is 11.8 Å². The van der Waals surface area contributed by atoms with Gasteiger partial charge in [0.15, 0.2) is 5.69 Å². The van der Waals surface area contributed by atoms with Crippen LogP contribution in [0.25, 0.3) is 5.69 Å². The largest absolute Gasteiger partial charge is 0.369 e. The summed E-state index contributed by atoms with van der Waals surface area (Å²) in [6.07, 6.45) is 4.07. The van der Waals surface area contributed by atoms with Crippen LogP contribution in [0.2, 0.25) is 0 Å². The Morgan fingerprint density at radius 3 is 2.82 bits per heavy atom. The number of rotatable bonds is 3. The molecule has 2 amide bonds. The molecule has 5 rings (SSSR count). The van der Waals surface area contributed by atoms with Crippen molar-refractivity contribution >= 4 is 17.6 Å². The minimum absolute atomic E-state index is 0.221. The Morgan fingerprint density at radius 2 is 2.12 bits per heavy atom. The zero-order valence-electron chi connectivity index (χ0n) is 18.6. The lowest BCUT2D eigenvalue weighted by molar-refractivity contribution is -0.137. The maximum Gasteiger partial charge on any atom is 0.269 e. The fourth-order valence-electron chi connectivity index (χ4n) is 4.36. The predicted molar refractivity (Wildman–Crippen MR) is 123 cm³/mol. The SMILES string of the molecule is CN1CCC(O)(C#Cc2cccc(-n3nc(C(N)=O)c4c3CCN(c3ccncn3)C4)c2)C1=O. The van der Waals surface area contributed by atoms with Crippen molar-refractivity contribution in [2.24, 2.45) is 5.73 Å². The number of aromatic nitrogens is 4. The minimum Gasteiger partial charge on any atom is -0.369 e. The molecule has 1 aromatic carbocycles. The van der Waals surface area contributed by atoms with E-state index in [0.717, 1.165) is 17.1 Å². The summed E-state index contributed by atoms with van der Waals surface area (Å²) in [4.78, 5) is 36.2. The maximum absolute atomic E-state index is 12.2. The molecule has 3 N–H and O–H groups in total. The molecule has 1 fully saturated rings. The average Bonchev–Trinajstić information content (AvgIpc) is 3.37. The van der Waals surface area contributed by atoms with Crippen molar-refractivity contribution in [1.29, 1.82) is 0 Å². The van der Waals surface area contributed by atoms with Crippen molar-refractivity contribution in [3.8, 4) is 17.5 Å². The molecular weight excluding hydrogens is 434 g/mol. The van der Waals surface area contributed by atoms with Gasteiger partial charge in [-0.3, -0.25) is 9.59 Å². The van der Waals surface area contributed by atoms with Gasteiger partial charge in [-0.05, 0) is 24.3 Å². The molecule has 0 saturated carbocycles. The molecule has 3 aromatic rings. The number of fused-ring (bicyclic) bond motifs is 1. The van der Waals surface area contributed by atoms with Gasteiger partial charge in [-0.15, -0.1) is 0 Å². The number of amides is 2. The molecule has 10 nitrogen and oxygen atoms in total. The van der Waals surface area contributed by atoms with E-state index >= 15 is 0 Å². The van der Waals surface area contributed by atoms with E-state index < -0.39 is 17.4 Å². The van der Waals surface area contributed by atoms with Crippen LogP contribution in [0.3, 0.4) is 0 Å². The second kappa shape index (κ2) is 8.28. The van der Waals surface area contributed by atoms with Crippen LogP contribution in [0.15, 0.2) is 42.9 Å². The molecule has 0 radical (unpaired) electrons. The van der Waals surface area contributed by atoms with E-state index in [9.17, 15) is 14.7 Å². The van der Waals surface area contributed by atoms with Gasteiger partial charge in [0.05, 0.1) is 11.4 Å². The molecule has 0 spiro atoms. The molecule has 2 aliphatic rings. The summed E-state index contributed by atoms with van der Waals surface area (Å²) < 4.78 is 1.72. The van der Waals surface area contributed by atoms with Gasteiger partial charge in [0.2, 0.25) is 5.60 Å². The maximum atomic E-state index is 12.2. The zero-order valence-corrected chi connectivity index (χ0v) is 18.6. The first-order valence-corrected chi connectivity index (χ1v) is 10.9. The van der Waals surface area contributed by atoms with Crippen molar-refractivity contribution in [2.75, 3.05) is 25.0 Å². The molecule has 2 aliphatic heterocycles. The van der Waals surface area contributed by atoms with Gasteiger partial charge in [-0.2, -0.15) is 5.10 Å². The number of likely N-dealkylation sites (tertiary alicyclic amines) is 1. The van der Waals surface area contributed by atoms with Crippen LogP contribution in [0.4, 0.5) is 5.82 Å². The summed E-state index contributed by atoms with van der Waals surface area (Å²) >= 11 is 0. The Labute approximate surface area is 196 Å². The second-order valence-corrected chi connectivity index (χ2v) is 8.43. The fourth-order valence-corrected chi connectivity index (χ4v) is 4.36. The van der Waals surface area contributed by atoms with Gasteiger partial charge in [0.1, 0.15) is 12.1 Å². The highest BCUT2D eigenvalue weighted by atomic mass is 16.3. The van der Waals surface area contributed by atoms with Gasteiger partial charge in [-0.25, -0.2) is 14.6 Å². The van der Waals surface area contributed by atoms with E-state index in [1.54, 1.807) is 24.0 Å². The number of likely N-dealkylation sites (N-methyl/N-ethyl adjacent to an activating group) is 1. The third kappa shape index (κ3) is 3.76. The highest BCUT2D eigenvalue weighted by Gasteiger charge is 2.42. The van der Waals surface area contributed by atoms with E-state index in [0.29, 0.717) is 37.3 Å². The van der Waals surface area contributed by atoms with Crippen molar-refractivity contribution in [3.05, 3.63) is 65.4 Å². The lowest BCUT2D eigenvalue weighted by Crippen LogP contribution is -2.37. The first-order chi connectivity index (χ1) is 16.4. The molecule has 4 heterocycles. The van der Waals surface area contributed by atoms with Gasteiger partial charge in [-0.1, -0.05) is 17.9 Å². The number of primary amides is 1. The number of carbonyl (C=O) groups excluding carboxylic acids is 2. The molecule has 10 heteroatoms. The Morgan fingerprint density at radius 1 is 1.26 bits per heavy atom. The molecule has 2 aromatic heterocycles. The van der Waals surface area contributed by atoms with Gasteiger partial charge in [0, 0.05) is 56.8 Å². The molecule has 172 valence electrons. The highest BCUT2D eigenvalue weighted by molar-refractivity contribution is 5.93. The Balaban J connectivity index is 1.49. The molecule has 1 saturated heterocycles. The van der Waals surface area contributed by atoms with Crippen LogP contribution in [0.5, 0.6) is 0 Å². The number of nitrogens with two attached hydrogens (primary N) is 1. The number of hydrogen-bond acceptors (Lipinski definition) is 7. The summed E-state index contributed by atoms with van der Waals surface area (Å²) in [5.74, 6) is 5.44. The van der Waals surface area contributed by atoms with Crippen LogP contribution in [-0.2, 0) is 17.8 Å².